The fourth-order valence-corrected chi connectivity index (χ4v) is 2.13. The molecular weight excluding hydrogens is 255 g/mol. The van der Waals surface area contributed by atoms with Crippen LogP contribution in [-0.4, -0.2) is 4.57 Å². The molecule has 1 aromatic heterocycles. The molecule has 19 heavy (non-hydrogen) atoms. The lowest BCUT2D eigenvalue weighted by atomic mass is 10.1. The van der Waals surface area contributed by atoms with Gasteiger partial charge in [0, 0.05) is 16.6 Å². The number of aryl methyl sites for hydroxylation is 1. The molecule has 0 atom stereocenters. The lowest BCUT2D eigenvalue weighted by Gasteiger charge is -2.11. The Morgan fingerprint density at radius 1 is 1.42 bits per heavy atom. The van der Waals surface area contributed by atoms with Gasteiger partial charge in [-0.05, 0) is 19.1 Å². The first-order valence-corrected chi connectivity index (χ1v) is 5.34. The van der Waals surface area contributed by atoms with Crippen LogP contribution in [0.5, 0.6) is 0 Å². The van der Waals surface area contributed by atoms with Crippen molar-refractivity contribution in [3.8, 4) is 6.07 Å². The third-order valence-corrected chi connectivity index (χ3v) is 2.90. The number of fused-ring (bicyclic) bond motifs is 1. The summed E-state index contributed by atoms with van der Waals surface area (Å²) in [6, 6.07) is 5.87. The number of nitriles is 1. The molecule has 0 saturated carbocycles. The first kappa shape index (κ1) is 13.0. The Balaban J connectivity index is 2.90. The largest absolute Gasteiger partial charge is 0.408 e. The van der Waals surface area contributed by atoms with Crippen LogP contribution in [-0.2, 0) is 12.7 Å². The van der Waals surface area contributed by atoms with E-state index in [1.807, 2.05) is 6.07 Å². The van der Waals surface area contributed by atoms with Crippen LogP contribution in [0.2, 0.25) is 0 Å². The van der Waals surface area contributed by atoms with Crippen molar-refractivity contribution in [1.29, 1.82) is 5.26 Å². The van der Waals surface area contributed by atoms with Gasteiger partial charge in [-0.1, -0.05) is 6.07 Å². The number of benzene rings is 1. The highest BCUT2D eigenvalue weighted by Crippen LogP contribution is 2.42. The maximum Gasteiger partial charge on any atom is 0.408 e. The molecule has 0 fully saturated rings. The van der Waals surface area contributed by atoms with Gasteiger partial charge in [-0.2, -0.15) is 18.4 Å². The minimum absolute atomic E-state index is 0.0238. The first-order chi connectivity index (χ1) is 8.90. The van der Waals surface area contributed by atoms with Crippen LogP contribution < -0.4 is 0 Å². The van der Waals surface area contributed by atoms with Crippen molar-refractivity contribution in [1.82, 2.24) is 4.57 Å². The van der Waals surface area contributed by atoms with Crippen LogP contribution >= 0.6 is 0 Å². The Bertz CT molecular complexity index is 727. The maximum absolute atomic E-state index is 13.1. The van der Waals surface area contributed by atoms with Crippen molar-refractivity contribution in [2.75, 3.05) is 0 Å². The summed E-state index contributed by atoms with van der Waals surface area (Å²) in [6.07, 6.45) is -4.59. The van der Waals surface area contributed by atoms with Crippen LogP contribution in [0.25, 0.3) is 15.7 Å². The molecule has 0 bridgehead atoms. The zero-order valence-electron chi connectivity index (χ0n) is 9.91. The van der Waals surface area contributed by atoms with E-state index in [2.05, 4.69) is 4.85 Å². The predicted octanol–water partition coefficient (Wildman–Crippen LogP) is 4.04. The Morgan fingerprint density at radius 2 is 2.11 bits per heavy atom. The molecule has 0 aliphatic heterocycles. The second-order valence-corrected chi connectivity index (χ2v) is 4.03. The van der Waals surface area contributed by atoms with E-state index in [9.17, 15) is 13.2 Å². The summed E-state index contributed by atoms with van der Waals surface area (Å²) >= 11 is 0. The summed E-state index contributed by atoms with van der Waals surface area (Å²) in [6.45, 7) is 8.46. The molecule has 0 spiro atoms. The lowest BCUT2D eigenvalue weighted by Crippen LogP contribution is -2.06. The summed E-state index contributed by atoms with van der Waals surface area (Å²) < 4.78 is 40.7. The average molecular weight is 263 g/mol. The van der Waals surface area contributed by atoms with E-state index in [1.54, 1.807) is 6.92 Å². The lowest BCUT2D eigenvalue weighted by molar-refractivity contribution is -0.135. The van der Waals surface area contributed by atoms with Crippen molar-refractivity contribution in [3.63, 3.8) is 0 Å². The molecule has 2 rings (SSSR count). The highest BCUT2D eigenvalue weighted by atomic mass is 19.4. The summed E-state index contributed by atoms with van der Waals surface area (Å²) in [5.74, 6) is 0. The zero-order chi connectivity index (χ0) is 14.2. The molecule has 6 heteroatoms. The Morgan fingerprint density at radius 3 is 2.63 bits per heavy atom. The van der Waals surface area contributed by atoms with Gasteiger partial charge >= 0.3 is 6.18 Å². The molecule has 96 valence electrons. The van der Waals surface area contributed by atoms with Gasteiger partial charge in [-0.15, -0.1) is 0 Å². The van der Waals surface area contributed by atoms with Crippen molar-refractivity contribution < 1.29 is 13.2 Å². The van der Waals surface area contributed by atoms with E-state index < -0.39 is 17.4 Å². The van der Waals surface area contributed by atoms with Gasteiger partial charge < -0.3 is 4.57 Å². The van der Waals surface area contributed by atoms with Crippen molar-refractivity contribution in [2.24, 2.45) is 0 Å². The number of hydrogen-bond donors (Lipinski definition) is 0. The number of hydrogen-bond acceptors (Lipinski definition) is 1. The molecule has 0 saturated heterocycles. The van der Waals surface area contributed by atoms with Gasteiger partial charge in [0.05, 0.1) is 18.2 Å². The molecule has 0 radical (unpaired) electrons. The highest BCUT2D eigenvalue weighted by Gasteiger charge is 2.36. The van der Waals surface area contributed by atoms with Gasteiger partial charge in [0.1, 0.15) is 6.54 Å². The first-order valence-electron chi connectivity index (χ1n) is 5.34. The van der Waals surface area contributed by atoms with Crippen LogP contribution in [0.1, 0.15) is 11.3 Å². The number of aromatic nitrogens is 1. The third kappa shape index (κ3) is 2.02. The summed E-state index contributed by atoms with van der Waals surface area (Å²) in [5.41, 5.74) is -0.475. The quantitative estimate of drug-likeness (QED) is 0.714. The number of alkyl halides is 3. The molecule has 1 heterocycles. The minimum Gasteiger partial charge on any atom is -0.331 e. The zero-order valence-corrected chi connectivity index (χ0v) is 9.91. The Kier molecular flexibility index (Phi) is 2.95. The van der Waals surface area contributed by atoms with Crippen LogP contribution in [0.15, 0.2) is 18.2 Å². The SMILES string of the molecule is [C-]#[N+]c1ccc2c(cc(C)n2CC#N)c1C(F)(F)F. The van der Waals surface area contributed by atoms with Gasteiger partial charge in [0.25, 0.3) is 0 Å². The second-order valence-electron chi connectivity index (χ2n) is 4.03. The fraction of sp³-hybridized carbons (Fsp3) is 0.231. The van der Waals surface area contributed by atoms with E-state index in [1.165, 1.54) is 16.7 Å². The summed E-state index contributed by atoms with van der Waals surface area (Å²) in [4.78, 5) is 2.93. The van der Waals surface area contributed by atoms with Crippen molar-refractivity contribution in [2.45, 2.75) is 19.6 Å². The van der Waals surface area contributed by atoms with E-state index in [0.29, 0.717) is 11.2 Å². The molecule has 0 N–H and O–H groups in total. The maximum atomic E-state index is 13.1. The average Bonchev–Trinajstić information content (AvgIpc) is 2.63. The van der Waals surface area contributed by atoms with Crippen molar-refractivity contribution in [3.05, 3.63) is 40.9 Å². The molecule has 0 aliphatic rings. The molecule has 1 aromatic carbocycles. The highest BCUT2D eigenvalue weighted by molar-refractivity contribution is 5.90. The van der Waals surface area contributed by atoms with E-state index in [4.69, 9.17) is 11.8 Å². The monoisotopic (exact) mass is 263 g/mol. The van der Waals surface area contributed by atoms with Gasteiger partial charge in [-0.3, -0.25) is 0 Å². The topological polar surface area (TPSA) is 33.1 Å². The van der Waals surface area contributed by atoms with E-state index >= 15 is 0 Å². The van der Waals surface area contributed by atoms with E-state index in [0.717, 1.165) is 6.07 Å². The summed E-state index contributed by atoms with van der Waals surface area (Å²) in [5, 5.41) is 8.68. The minimum atomic E-state index is -4.59. The van der Waals surface area contributed by atoms with Crippen LogP contribution in [0.4, 0.5) is 18.9 Å². The molecule has 0 amide bonds. The molecular formula is C13H8F3N3. The van der Waals surface area contributed by atoms with Gasteiger partial charge in [-0.25, -0.2) is 4.85 Å². The Hall–Kier alpha value is -2.47. The standard InChI is InChI=1S/C13H8F3N3/c1-8-7-9-11(19(8)6-5-17)4-3-10(18-2)12(9)13(14,15)16/h3-4,7H,6H2,1H3. The van der Waals surface area contributed by atoms with Crippen LogP contribution in [0.3, 0.4) is 0 Å². The smallest absolute Gasteiger partial charge is 0.331 e. The Labute approximate surface area is 107 Å². The number of rotatable bonds is 1. The normalized spacial score (nSPS) is 11.3. The molecule has 0 unspecified atom stereocenters. The molecule has 2 aromatic rings. The van der Waals surface area contributed by atoms with Gasteiger partial charge in [0.15, 0.2) is 5.69 Å². The predicted molar refractivity (Wildman–Crippen MR) is 63.6 cm³/mol. The summed E-state index contributed by atoms with van der Waals surface area (Å²) in [7, 11) is 0. The third-order valence-electron chi connectivity index (χ3n) is 2.90. The van der Waals surface area contributed by atoms with Gasteiger partial charge in [0.2, 0.25) is 0 Å². The van der Waals surface area contributed by atoms with Crippen molar-refractivity contribution >= 4 is 16.6 Å². The molecule has 3 nitrogen and oxygen atoms in total. The molecule has 0 aliphatic carbocycles. The van der Waals surface area contributed by atoms with E-state index in [-0.39, 0.29) is 11.9 Å². The second kappa shape index (κ2) is 4.33. The van der Waals surface area contributed by atoms with Crippen LogP contribution in [0, 0.1) is 24.8 Å². The number of halogens is 3. The fourth-order valence-electron chi connectivity index (χ4n) is 2.13. The number of nitrogens with zero attached hydrogens (tertiary/aromatic N) is 3.